The number of halogens is 2. The number of carbonyl (C=O) groups is 2. The Morgan fingerprint density at radius 2 is 1.76 bits per heavy atom. The third-order valence-corrected chi connectivity index (χ3v) is 7.27. The molecule has 6 nitrogen and oxygen atoms in total. The van der Waals surface area contributed by atoms with Crippen molar-refractivity contribution in [3.05, 3.63) is 53.8 Å². The van der Waals surface area contributed by atoms with Crippen LogP contribution in [0.4, 0.5) is 8.78 Å². The minimum absolute atomic E-state index is 0.297. The number of hydrogen-bond acceptors (Lipinski definition) is 4. The highest BCUT2D eigenvalue weighted by Gasteiger charge is 2.32. The van der Waals surface area contributed by atoms with Crippen molar-refractivity contribution in [3.63, 3.8) is 0 Å². The second-order valence-corrected chi connectivity index (χ2v) is 10.8. The average Bonchev–Trinajstić information content (AvgIpc) is 2.87. The number of rotatable bonds is 8. The zero-order chi connectivity index (χ0) is 26.6. The molecule has 2 N–H and O–H groups in total. The molecule has 2 aliphatic heterocycles. The molecule has 0 saturated carbocycles. The van der Waals surface area contributed by atoms with Crippen molar-refractivity contribution in [1.82, 2.24) is 9.80 Å². The molecule has 2 aromatic carbocycles. The molecule has 0 spiro atoms. The second kappa shape index (κ2) is 11.6. The van der Waals surface area contributed by atoms with Gasteiger partial charge in [0.15, 0.2) is 0 Å². The first-order chi connectivity index (χ1) is 17.6. The molecule has 4 rings (SSSR count). The van der Waals surface area contributed by atoms with Crippen LogP contribution in [0.25, 0.3) is 11.1 Å². The lowest BCUT2D eigenvalue weighted by Crippen LogP contribution is -2.50. The highest BCUT2D eigenvalue weighted by atomic mass is 19.1. The number of carbonyl (C=O) groups excluding carboxylic acids is 2. The molecule has 1 atom stereocenters. The van der Waals surface area contributed by atoms with Crippen LogP contribution in [0.5, 0.6) is 5.75 Å². The summed E-state index contributed by atoms with van der Waals surface area (Å²) in [6.07, 6.45) is 4.00. The Morgan fingerprint density at radius 3 is 2.43 bits per heavy atom. The topological polar surface area (TPSA) is 75.9 Å². The summed E-state index contributed by atoms with van der Waals surface area (Å²) in [5, 5.41) is 0. The summed E-state index contributed by atoms with van der Waals surface area (Å²) in [6, 6.07) is 10.9. The van der Waals surface area contributed by atoms with Crippen molar-refractivity contribution in [2.75, 3.05) is 32.8 Å². The van der Waals surface area contributed by atoms with Gasteiger partial charge in [-0.3, -0.25) is 9.59 Å². The molecule has 0 aromatic heterocycles. The van der Waals surface area contributed by atoms with Gasteiger partial charge in [-0.25, -0.2) is 8.78 Å². The van der Waals surface area contributed by atoms with Crippen LogP contribution in [0.15, 0.2) is 42.5 Å². The minimum Gasteiger partial charge on any atom is -0.493 e. The summed E-state index contributed by atoms with van der Waals surface area (Å²) in [7, 11) is 0. The predicted molar refractivity (Wildman–Crippen MR) is 140 cm³/mol. The van der Waals surface area contributed by atoms with E-state index in [1.807, 2.05) is 0 Å². The maximum absolute atomic E-state index is 15.3. The van der Waals surface area contributed by atoms with Gasteiger partial charge in [-0.15, -0.1) is 0 Å². The van der Waals surface area contributed by atoms with E-state index >= 15 is 4.39 Å². The van der Waals surface area contributed by atoms with Crippen LogP contribution in [-0.2, 0) is 4.79 Å². The van der Waals surface area contributed by atoms with Crippen molar-refractivity contribution in [2.24, 2.45) is 11.7 Å². The van der Waals surface area contributed by atoms with Gasteiger partial charge in [0.1, 0.15) is 23.3 Å². The molecule has 8 heteroatoms. The van der Waals surface area contributed by atoms with Crippen LogP contribution in [0.1, 0.15) is 56.3 Å². The van der Waals surface area contributed by atoms with E-state index in [2.05, 4.69) is 4.90 Å². The Kier molecular flexibility index (Phi) is 8.47. The van der Waals surface area contributed by atoms with Crippen LogP contribution >= 0.6 is 0 Å². The number of hydrogen-bond donors (Lipinski definition) is 1. The fourth-order valence-electron chi connectivity index (χ4n) is 5.39. The number of alkyl halides is 1. The first-order valence-corrected chi connectivity index (χ1v) is 13.2. The highest BCUT2D eigenvalue weighted by Crippen LogP contribution is 2.31. The summed E-state index contributed by atoms with van der Waals surface area (Å²) >= 11 is 0. The van der Waals surface area contributed by atoms with E-state index in [-0.39, 0.29) is 5.91 Å². The molecule has 0 radical (unpaired) electrons. The number of nitrogens with zero attached hydrogens (tertiary/aromatic N) is 2. The number of piperidine rings is 2. The Hall–Kier alpha value is -3.00. The smallest absolute Gasteiger partial charge is 0.255 e. The number of ether oxygens (including phenoxy) is 1. The van der Waals surface area contributed by atoms with Gasteiger partial charge in [-0.1, -0.05) is 18.2 Å². The number of nitrogens with two attached hydrogens (primary N) is 1. The number of amides is 2. The fourth-order valence-corrected chi connectivity index (χ4v) is 5.39. The van der Waals surface area contributed by atoms with Crippen molar-refractivity contribution in [3.8, 4) is 16.9 Å². The van der Waals surface area contributed by atoms with Gasteiger partial charge >= 0.3 is 0 Å². The largest absolute Gasteiger partial charge is 0.493 e. The molecular weight excluding hydrogens is 476 g/mol. The Morgan fingerprint density at radius 1 is 1.03 bits per heavy atom. The average molecular weight is 514 g/mol. The molecule has 200 valence electrons. The van der Waals surface area contributed by atoms with Crippen molar-refractivity contribution >= 4 is 11.8 Å². The van der Waals surface area contributed by atoms with Crippen LogP contribution in [0.3, 0.4) is 0 Å². The summed E-state index contributed by atoms with van der Waals surface area (Å²) in [5.41, 5.74) is 5.45. The minimum atomic E-state index is -1.21. The Balaban J connectivity index is 1.43. The summed E-state index contributed by atoms with van der Waals surface area (Å²) in [4.78, 5) is 29.0. The predicted octanol–water partition coefficient (Wildman–Crippen LogP) is 4.81. The Labute approximate surface area is 217 Å². The first kappa shape index (κ1) is 27.0. The van der Waals surface area contributed by atoms with Crippen LogP contribution < -0.4 is 10.5 Å². The van der Waals surface area contributed by atoms with Gasteiger partial charge < -0.3 is 20.3 Å². The molecule has 2 aromatic rings. The summed E-state index contributed by atoms with van der Waals surface area (Å²) < 4.78 is 35.1. The van der Waals surface area contributed by atoms with E-state index in [9.17, 15) is 14.0 Å². The zero-order valence-corrected chi connectivity index (χ0v) is 21.7. The monoisotopic (exact) mass is 513 g/mol. The standard InChI is InChI=1S/C29H37F2N3O3/c1-29(2,31)19-33-15-12-20(13-16-33)18-37-21-10-11-23(25(30)17-21)22-7-3-4-8-24(22)28(36)34-14-6-5-9-26(34)27(32)35/h3-4,7-8,10-11,17,20,26H,5-6,9,12-16,18-19H2,1-2H3,(H2,32,35)/t26-/m0/s1. The molecular formula is C29H37F2N3O3. The molecule has 2 aliphatic rings. The van der Waals surface area contributed by atoms with E-state index < -0.39 is 23.4 Å². The third kappa shape index (κ3) is 6.86. The molecule has 0 bridgehead atoms. The van der Waals surface area contributed by atoms with Crippen LogP contribution in [0, 0.1) is 11.7 Å². The summed E-state index contributed by atoms with van der Waals surface area (Å²) in [5.74, 6) is -0.552. The van der Waals surface area contributed by atoms with Gasteiger partial charge in [0, 0.05) is 30.3 Å². The zero-order valence-electron chi connectivity index (χ0n) is 21.7. The van der Waals surface area contributed by atoms with Gasteiger partial charge in [-0.05, 0) is 88.7 Å². The molecule has 2 saturated heterocycles. The summed E-state index contributed by atoms with van der Waals surface area (Å²) in [6.45, 7) is 6.20. The lowest BCUT2D eigenvalue weighted by molar-refractivity contribution is -0.123. The lowest BCUT2D eigenvalue weighted by atomic mass is 9.95. The first-order valence-electron chi connectivity index (χ1n) is 13.2. The highest BCUT2D eigenvalue weighted by molar-refractivity contribution is 6.02. The Bertz CT molecular complexity index is 1110. The molecule has 37 heavy (non-hydrogen) atoms. The van der Waals surface area contributed by atoms with E-state index in [1.54, 1.807) is 50.2 Å². The van der Waals surface area contributed by atoms with E-state index in [4.69, 9.17) is 10.5 Å². The van der Waals surface area contributed by atoms with Crippen molar-refractivity contribution in [1.29, 1.82) is 0 Å². The van der Waals surface area contributed by atoms with Crippen LogP contribution in [-0.4, -0.2) is 66.1 Å². The number of benzene rings is 2. The van der Waals surface area contributed by atoms with Gasteiger partial charge in [-0.2, -0.15) is 0 Å². The van der Waals surface area contributed by atoms with Gasteiger partial charge in [0.2, 0.25) is 5.91 Å². The number of primary amides is 1. The normalized spacial score (nSPS) is 19.6. The van der Waals surface area contributed by atoms with Gasteiger partial charge in [0.25, 0.3) is 5.91 Å². The quantitative estimate of drug-likeness (QED) is 0.550. The van der Waals surface area contributed by atoms with Crippen molar-refractivity contribution < 1.29 is 23.1 Å². The van der Waals surface area contributed by atoms with E-state index in [0.29, 0.717) is 54.5 Å². The molecule has 2 amide bonds. The SMILES string of the molecule is CC(C)(F)CN1CCC(COc2ccc(-c3ccccc3C(=O)N3CCCC[C@H]3C(N)=O)c(F)c2)CC1. The molecule has 2 heterocycles. The molecule has 0 unspecified atom stereocenters. The van der Waals surface area contributed by atoms with E-state index in [1.165, 1.54) is 11.0 Å². The third-order valence-electron chi connectivity index (χ3n) is 7.27. The molecule has 2 fully saturated rings. The number of likely N-dealkylation sites (tertiary alicyclic amines) is 2. The maximum Gasteiger partial charge on any atom is 0.255 e. The van der Waals surface area contributed by atoms with Crippen LogP contribution in [0.2, 0.25) is 0 Å². The second-order valence-electron chi connectivity index (χ2n) is 10.8. The van der Waals surface area contributed by atoms with Gasteiger partial charge in [0.05, 0.1) is 6.61 Å². The van der Waals surface area contributed by atoms with E-state index in [0.717, 1.165) is 38.8 Å². The lowest BCUT2D eigenvalue weighted by Gasteiger charge is -2.34. The molecule has 0 aliphatic carbocycles. The van der Waals surface area contributed by atoms with Crippen molar-refractivity contribution in [2.45, 2.75) is 57.7 Å². The fraction of sp³-hybridized carbons (Fsp3) is 0.517. The maximum atomic E-state index is 15.3.